The van der Waals surface area contributed by atoms with Gasteiger partial charge in [0, 0.05) is 28.2 Å². The molecule has 0 spiro atoms. The highest BCUT2D eigenvalue weighted by Gasteiger charge is 2.05. The molecule has 2 rings (SSSR count). The molecule has 0 bridgehead atoms. The number of rotatable bonds is 2. The van der Waals surface area contributed by atoms with Gasteiger partial charge < -0.3 is 10.6 Å². The van der Waals surface area contributed by atoms with E-state index in [4.69, 9.17) is 11.6 Å². The predicted octanol–water partition coefficient (Wildman–Crippen LogP) is 3.00. The molecule has 94 valence electrons. The summed E-state index contributed by atoms with van der Waals surface area (Å²) in [5, 5.41) is 7.30. The first-order valence-corrected chi connectivity index (χ1v) is 6.67. The lowest BCUT2D eigenvalue weighted by atomic mass is 10.2. The fraction of sp³-hybridized carbons (Fsp3) is 0.364. The molecule has 0 amide bonds. The van der Waals surface area contributed by atoms with Crippen molar-refractivity contribution in [3.8, 4) is 0 Å². The highest BCUT2D eigenvalue weighted by molar-refractivity contribution is 14.1. The minimum atomic E-state index is 0. The van der Waals surface area contributed by atoms with E-state index < -0.39 is 0 Å². The van der Waals surface area contributed by atoms with Crippen LogP contribution < -0.4 is 10.6 Å². The van der Waals surface area contributed by atoms with Crippen LogP contribution in [0.25, 0.3) is 0 Å². The molecule has 0 aliphatic carbocycles. The third-order valence-electron chi connectivity index (χ3n) is 2.36. The Morgan fingerprint density at radius 3 is 2.94 bits per heavy atom. The third-order valence-corrected chi connectivity index (χ3v) is 3.60. The number of nitrogens with zero attached hydrogens (tertiary/aromatic N) is 1. The van der Waals surface area contributed by atoms with Crippen LogP contribution in [0.3, 0.4) is 0 Å². The zero-order valence-corrected chi connectivity index (χ0v) is 14.4. The van der Waals surface area contributed by atoms with Crippen molar-refractivity contribution >= 4 is 64.1 Å². The van der Waals surface area contributed by atoms with Crippen LogP contribution in [-0.2, 0) is 6.54 Å². The smallest absolute Gasteiger partial charge is 0.191 e. The lowest BCUT2D eigenvalue weighted by Crippen LogP contribution is -2.40. The number of aliphatic imine (C=N–C) groups is 1. The van der Waals surface area contributed by atoms with Crippen molar-refractivity contribution in [2.45, 2.75) is 13.0 Å². The minimum absolute atomic E-state index is 0. The summed E-state index contributed by atoms with van der Waals surface area (Å²) >= 11 is 8.20. The van der Waals surface area contributed by atoms with E-state index >= 15 is 0 Å². The molecule has 2 N–H and O–H groups in total. The molecule has 0 saturated heterocycles. The average molecular weight is 478 g/mol. The Hall–Kier alpha value is 0.240. The van der Waals surface area contributed by atoms with Crippen LogP contribution in [0.1, 0.15) is 12.0 Å². The molecule has 0 atom stereocenters. The Morgan fingerprint density at radius 2 is 2.29 bits per heavy atom. The Bertz CT molecular complexity index is 410. The number of halogens is 3. The molecule has 17 heavy (non-hydrogen) atoms. The van der Waals surface area contributed by atoms with Crippen LogP contribution in [0.5, 0.6) is 0 Å². The summed E-state index contributed by atoms with van der Waals surface area (Å²) in [7, 11) is 0. The molecule has 1 aliphatic heterocycles. The van der Waals surface area contributed by atoms with Gasteiger partial charge in [0.25, 0.3) is 0 Å². The molecular weight excluding hydrogens is 463 g/mol. The Labute approximate surface area is 137 Å². The van der Waals surface area contributed by atoms with Gasteiger partial charge in [-0.05, 0) is 46.7 Å². The van der Waals surface area contributed by atoms with E-state index in [1.165, 1.54) is 9.13 Å². The van der Waals surface area contributed by atoms with Gasteiger partial charge in [0.15, 0.2) is 5.96 Å². The molecule has 0 fully saturated rings. The van der Waals surface area contributed by atoms with Gasteiger partial charge in [0.2, 0.25) is 0 Å². The van der Waals surface area contributed by atoms with Crippen LogP contribution >= 0.6 is 58.2 Å². The van der Waals surface area contributed by atoms with Gasteiger partial charge in [-0.3, -0.25) is 4.99 Å². The van der Waals surface area contributed by atoms with E-state index in [9.17, 15) is 0 Å². The standard InChI is InChI=1S/C11H13ClIN3.HI/c12-9-3-2-8(10(13)6-9)7-16-11-14-4-1-5-15-11;/h2-3,6H,1,4-5,7H2,(H2,14,15,16);1H. The molecule has 1 aliphatic rings. The summed E-state index contributed by atoms with van der Waals surface area (Å²) in [6.07, 6.45) is 1.11. The highest BCUT2D eigenvalue weighted by atomic mass is 127. The first-order chi connectivity index (χ1) is 7.75. The maximum Gasteiger partial charge on any atom is 0.191 e. The molecule has 0 radical (unpaired) electrons. The summed E-state index contributed by atoms with van der Waals surface area (Å²) in [6, 6.07) is 5.92. The molecular formula is C11H14ClI2N3. The first-order valence-electron chi connectivity index (χ1n) is 5.22. The average Bonchev–Trinajstić information content (AvgIpc) is 2.29. The Balaban J connectivity index is 0.00000144. The number of benzene rings is 1. The largest absolute Gasteiger partial charge is 0.356 e. The Kier molecular flexibility index (Phi) is 6.86. The highest BCUT2D eigenvalue weighted by Crippen LogP contribution is 2.17. The lowest BCUT2D eigenvalue weighted by Gasteiger charge is -2.16. The fourth-order valence-electron chi connectivity index (χ4n) is 1.50. The molecule has 6 heteroatoms. The summed E-state index contributed by atoms with van der Waals surface area (Å²) < 4.78 is 1.18. The van der Waals surface area contributed by atoms with Crippen LogP contribution in [0, 0.1) is 3.57 Å². The first kappa shape index (κ1) is 15.3. The molecule has 1 aromatic rings. The van der Waals surface area contributed by atoms with Gasteiger partial charge in [-0.1, -0.05) is 17.7 Å². The van der Waals surface area contributed by atoms with Gasteiger partial charge in [-0.15, -0.1) is 24.0 Å². The monoisotopic (exact) mass is 477 g/mol. The van der Waals surface area contributed by atoms with Crippen molar-refractivity contribution in [3.63, 3.8) is 0 Å². The molecule has 0 unspecified atom stereocenters. The molecule has 1 aromatic carbocycles. The Morgan fingerprint density at radius 1 is 1.47 bits per heavy atom. The van der Waals surface area contributed by atoms with Crippen molar-refractivity contribution < 1.29 is 0 Å². The quantitative estimate of drug-likeness (QED) is 0.643. The second-order valence-corrected chi connectivity index (χ2v) is 5.20. The molecule has 1 heterocycles. The van der Waals surface area contributed by atoms with Gasteiger partial charge in [0.1, 0.15) is 0 Å². The topological polar surface area (TPSA) is 36.4 Å². The van der Waals surface area contributed by atoms with Gasteiger partial charge in [-0.2, -0.15) is 0 Å². The second-order valence-electron chi connectivity index (χ2n) is 3.60. The number of nitrogens with one attached hydrogen (secondary N) is 2. The van der Waals surface area contributed by atoms with Crippen LogP contribution in [-0.4, -0.2) is 19.0 Å². The van der Waals surface area contributed by atoms with Crippen molar-refractivity contribution in [2.75, 3.05) is 13.1 Å². The third kappa shape index (κ3) is 4.78. The number of hydrogen-bond donors (Lipinski definition) is 2. The van der Waals surface area contributed by atoms with E-state index in [-0.39, 0.29) is 24.0 Å². The SMILES string of the molecule is Clc1ccc(CNC2=NCCCN2)c(I)c1.I. The van der Waals surface area contributed by atoms with E-state index in [0.29, 0.717) is 0 Å². The van der Waals surface area contributed by atoms with Gasteiger partial charge >= 0.3 is 0 Å². The molecule has 0 aromatic heterocycles. The maximum absolute atomic E-state index is 5.90. The maximum atomic E-state index is 5.90. The van der Waals surface area contributed by atoms with Gasteiger partial charge in [-0.25, -0.2) is 0 Å². The van der Waals surface area contributed by atoms with Crippen LogP contribution in [0.4, 0.5) is 0 Å². The predicted molar refractivity (Wildman–Crippen MR) is 91.3 cm³/mol. The fourth-order valence-corrected chi connectivity index (χ4v) is 2.56. The van der Waals surface area contributed by atoms with Crippen molar-refractivity contribution in [3.05, 3.63) is 32.4 Å². The van der Waals surface area contributed by atoms with E-state index in [1.54, 1.807) is 0 Å². The van der Waals surface area contributed by atoms with Crippen molar-refractivity contribution in [1.29, 1.82) is 0 Å². The van der Waals surface area contributed by atoms with E-state index in [0.717, 1.165) is 37.0 Å². The van der Waals surface area contributed by atoms with Crippen LogP contribution in [0.2, 0.25) is 5.02 Å². The van der Waals surface area contributed by atoms with Crippen molar-refractivity contribution in [2.24, 2.45) is 4.99 Å². The lowest BCUT2D eigenvalue weighted by molar-refractivity contribution is 0.701. The number of hydrogen-bond acceptors (Lipinski definition) is 3. The second kappa shape index (κ2) is 7.63. The zero-order chi connectivity index (χ0) is 11.4. The van der Waals surface area contributed by atoms with Crippen LogP contribution in [0.15, 0.2) is 23.2 Å². The minimum Gasteiger partial charge on any atom is -0.356 e. The van der Waals surface area contributed by atoms with E-state index in [2.05, 4.69) is 38.2 Å². The molecule has 0 saturated carbocycles. The van der Waals surface area contributed by atoms with Gasteiger partial charge in [0.05, 0.1) is 0 Å². The summed E-state index contributed by atoms with van der Waals surface area (Å²) in [4.78, 5) is 4.36. The summed E-state index contributed by atoms with van der Waals surface area (Å²) in [5.74, 6) is 0.900. The zero-order valence-electron chi connectivity index (χ0n) is 9.17. The molecule has 3 nitrogen and oxygen atoms in total. The van der Waals surface area contributed by atoms with E-state index in [1.807, 2.05) is 18.2 Å². The number of guanidine groups is 1. The van der Waals surface area contributed by atoms with Crippen molar-refractivity contribution in [1.82, 2.24) is 10.6 Å². The summed E-state index contributed by atoms with van der Waals surface area (Å²) in [5.41, 5.74) is 1.24. The normalized spacial score (nSPS) is 14.4. The summed E-state index contributed by atoms with van der Waals surface area (Å²) in [6.45, 7) is 2.69.